The minimum atomic E-state index is -0.192. The Morgan fingerprint density at radius 2 is 2.16 bits per heavy atom. The summed E-state index contributed by atoms with van der Waals surface area (Å²) in [5.41, 5.74) is 0.745. The Hall–Kier alpha value is -1.76. The minimum Gasteiger partial charge on any atom is -0.288 e. The fourth-order valence-electron chi connectivity index (χ4n) is 2.09. The smallest absolute Gasteiger partial charge is 0.270 e. The molecule has 0 bridgehead atoms. The average molecular weight is 277 g/mol. The van der Waals surface area contributed by atoms with E-state index in [4.69, 9.17) is 0 Å². The van der Waals surface area contributed by atoms with Crippen LogP contribution in [0, 0.1) is 13.8 Å². The zero-order chi connectivity index (χ0) is 13.4. The highest BCUT2D eigenvalue weighted by atomic mass is 32.1. The predicted octanol–water partition coefficient (Wildman–Crippen LogP) is 2.40. The van der Waals surface area contributed by atoms with Crippen LogP contribution in [0.4, 0.5) is 5.95 Å². The number of nitrogens with one attached hydrogen (secondary N) is 2. The van der Waals surface area contributed by atoms with Gasteiger partial charge in [-0.3, -0.25) is 15.2 Å². The molecule has 2 N–H and O–H groups in total. The lowest BCUT2D eigenvalue weighted by Crippen LogP contribution is -2.13. The summed E-state index contributed by atoms with van der Waals surface area (Å²) in [6, 6.07) is 0. The van der Waals surface area contributed by atoms with E-state index in [0.29, 0.717) is 16.7 Å². The number of aryl methyl sites for hydroxylation is 2. The fourth-order valence-corrected chi connectivity index (χ4v) is 2.91. The second-order valence-corrected chi connectivity index (χ2v) is 5.98. The van der Waals surface area contributed by atoms with Crippen molar-refractivity contribution in [3.8, 4) is 0 Å². The summed E-state index contributed by atoms with van der Waals surface area (Å²) in [6.45, 7) is 3.71. The van der Waals surface area contributed by atoms with Crippen molar-refractivity contribution in [2.45, 2.75) is 39.0 Å². The third kappa shape index (κ3) is 2.37. The Labute approximate surface area is 114 Å². The molecule has 3 rings (SSSR count). The molecule has 2 aromatic heterocycles. The number of thiazole rings is 1. The van der Waals surface area contributed by atoms with Crippen molar-refractivity contribution in [3.05, 3.63) is 21.4 Å². The zero-order valence-electron chi connectivity index (χ0n) is 10.9. The lowest BCUT2D eigenvalue weighted by atomic mass is 9.85. The Morgan fingerprint density at radius 3 is 2.74 bits per heavy atom. The molecule has 0 spiro atoms. The number of aromatic amines is 1. The van der Waals surface area contributed by atoms with Gasteiger partial charge in [0.05, 0.1) is 10.7 Å². The molecule has 1 aliphatic carbocycles. The van der Waals surface area contributed by atoms with Crippen molar-refractivity contribution >= 4 is 23.2 Å². The molecule has 1 amide bonds. The maximum Gasteiger partial charge on any atom is 0.270 e. The van der Waals surface area contributed by atoms with Gasteiger partial charge in [0.1, 0.15) is 10.7 Å². The van der Waals surface area contributed by atoms with Crippen molar-refractivity contribution < 1.29 is 4.79 Å². The van der Waals surface area contributed by atoms with Crippen LogP contribution in [-0.2, 0) is 0 Å². The third-order valence-electron chi connectivity index (χ3n) is 3.33. The molecule has 0 aromatic carbocycles. The first kappa shape index (κ1) is 12.3. The van der Waals surface area contributed by atoms with Crippen LogP contribution in [0.1, 0.15) is 51.4 Å². The van der Waals surface area contributed by atoms with Gasteiger partial charge in [-0.25, -0.2) is 4.98 Å². The van der Waals surface area contributed by atoms with Gasteiger partial charge in [0.25, 0.3) is 5.91 Å². The maximum absolute atomic E-state index is 12.1. The number of anilines is 1. The number of H-pyrrole nitrogens is 1. The number of nitrogens with zero attached hydrogens (tertiary/aromatic N) is 3. The molecule has 0 atom stereocenters. The van der Waals surface area contributed by atoms with Gasteiger partial charge < -0.3 is 0 Å². The number of hydrogen-bond acceptors (Lipinski definition) is 5. The van der Waals surface area contributed by atoms with Crippen LogP contribution >= 0.6 is 11.3 Å². The van der Waals surface area contributed by atoms with Crippen LogP contribution in [-0.4, -0.2) is 26.1 Å². The standard InChI is InChI=1S/C12H15N5OS/c1-6-9(19-7(2)13-6)11(18)15-12-14-10(16-17-12)8-4-3-5-8/h8H,3-5H2,1-2H3,(H2,14,15,16,17,18). The second-order valence-electron chi connectivity index (χ2n) is 4.77. The van der Waals surface area contributed by atoms with Crippen molar-refractivity contribution in [1.29, 1.82) is 0 Å². The van der Waals surface area contributed by atoms with Crippen LogP contribution in [0.5, 0.6) is 0 Å². The number of carbonyl (C=O) groups is 1. The van der Waals surface area contributed by atoms with Crippen LogP contribution in [0.15, 0.2) is 0 Å². The summed E-state index contributed by atoms with van der Waals surface area (Å²) < 4.78 is 0. The van der Waals surface area contributed by atoms with Crippen LogP contribution in [0.3, 0.4) is 0 Å². The van der Waals surface area contributed by atoms with E-state index in [9.17, 15) is 4.79 Å². The summed E-state index contributed by atoms with van der Waals surface area (Å²) in [6.07, 6.45) is 3.54. The maximum atomic E-state index is 12.1. The molecule has 6 nitrogen and oxygen atoms in total. The number of amides is 1. The molecule has 0 unspecified atom stereocenters. The zero-order valence-corrected chi connectivity index (χ0v) is 11.7. The number of hydrogen-bond donors (Lipinski definition) is 2. The van der Waals surface area contributed by atoms with Gasteiger partial charge in [-0.1, -0.05) is 6.42 Å². The topological polar surface area (TPSA) is 83.6 Å². The van der Waals surface area contributed by atoms with Gasteiger partial charge in [-0.2, -0.15) is 4.98 Å². The summed E-state index contributed by atoms with van der Waals surface area (Å²) in [5.74, 6) is 1.50. The van der Waals surface area contributed by atoms with Gasteiger partial charge in [-0.05, 0) is 26.7 Å². The first-order chi connectivity index (χ1) is 9.13. The van der Waals surface area contributed by atoms with Gasteiger partial charge >= 0.3 is 0 Å². The minimum absolute atomic E-state index is 0.192. The fraction of sp³-hybridized carbons (Fsp3) is 0.500. The summed E-state index contributed by atoms with van der Waals surface area (Å²) >= 11 is 1.38. The van der Waals surface area contributed by atoms with E-state index in [1.54, 1.807) is 0 Å². The van der Waals surface area contributed by atoms with Gasteiger partial charge in [-0.15, -0.1) is 16.4 Å². The molecular weight excluding hydrogens is 262 g/mol. The normalized spacial score (nSPS) is 15.3. The van der Waals surface area contributed by atoms with Crippen molar-refractivity contribution in [1.82, 2.24) is 20.2 Å². The number of rotatable bonds is 3. The highest BCUT2D eigenvalue weighted by Crippen LogP contribution is 2.34. The van der Waals surface area contributed by atoms with E-state index >= 15 is 0 Å². The highest BCUT2D eigenvalue weighted by molar-refractivity contribution is 7.13. The molecule has 100 valence electrons. The molecule has 7 heteroatoms. The molecule has 0 aliphatic heterocycles. The van der Waals surface area contributed by atoms with E-state index in [0.717, 1.165) is 29.4 Å². The second kappa shape index (κ2) is 4.73. The molecule has 1 aliphatic rings. The molecule has 2 heterocycles. The van der Waals surface area contributed by atoms with Crippen molar-refractivity contribution in [3.63, 3.8) is 0 Å². The molecular formula is C12H15N5OS. The number of aromatic nitrogens is 4. The largest absolute Gasteiger partial charge is 0.288 e. The van der Waals surface area contributed by atoms with E-state index in [2.05, 4.69) is 25.5 Å². The van der Waals surface area contributed by atoms with E-state index in [1.165, 1.54) is 17.8 Å². The Bertz CT molecular complexity index is 613. The average Bonchev–Trinajstić information content (AvgIpc) is 2.83. The van der Waals surface area contributed by atoms with E-state index < -0.39 is 0 Å². The van der Waals surface area contributed by atoms with Gasteiger partial charge in [0.2, 0.25) is 5.95 Å². The summed E-state index contributed by atoms with van der Waals surface area (Å²) in [4.78, 5) is 21.3. The lowest BCUT2D eigenvalue weighted by molar-refractivity contribution is 0.102. The highest BCUT2D eigenvalue weighted by Gasteiger charge is 2.23. The van der Waals surface area contributed by atoms with E-state index in [-0.39, 0.29) is 5.91 Å². The Kier molecular flexibility index (Phi) is 3.06. The molecule has 0 radical (unpaired) electrons. The van der Waals surface area contributed by atoms with Crippen LogP contribution < -0.4 is 5.32 Å². The number of carbonyl (C=O) groups excluding carboxylic acids is 1. The summed E-state index contributed by atoms with van der Waals surface area (Å²) in [7, 11) is 0. The molecule has 1 fully saturated rings. The predicted molar refractivity (Wildman–Crippen MR) is 72.5 cm³/mol. The van der Waals surface area contributed by atoms with E-state index in [1.807, 2.05) is 13.8 Å². The quantitative estimate of drug-likeness (QED) is 0.902. The van der Waals surface area contributed by atoms with Gasteiger partial charge in [0, 0.05) is 5.92 Å². The molecule has 19 heavy (non-hydrogen) atoms. The SMILES string of the molecule is Cc1nc(C)c(C(=O)Nc2n[nH]c(C3CCC3)n2)s1. The van der Waals surface area contributed by atoms with Crippen molar-refractivity contribution in [2.75, 3.05) is 5.32 Å². The van der Waals surface area contributed by atoms with Crippen molar-refractivity contribution in [2.24, 2.45) is 0 Å². The van der Waals surface area contributed by atoms with Gasteiger partial charge in [0.15, 0.2) is 0 Å². The Morgan fingerprint density at radius 1 is 1.37 bits per heavy atom. The first-order valence-corrected chi connectivity index (χ1v) is 7.13. The summed E-state index contributed by atoms with van der Waals surface area (Å²) in [5, 5.41) is 10.5. The molecule has 1 saturated carbocycles. The molecule has 2 aromatic rings. The van der Waals surface area contributed by atoms with Crippen LogP contribution in [0.2, 0.25) is 0 Å². The lowest BCUT2D eigenvalue weighted by Gasteiger charge is -2.22. The monoisotopic (exact) mass is 277 g/mol. The first-order valence-electron chi connectivity index (χ1n) is 6.31. The third-order valence-corrected chi connectivity index (χ3v) is 4.40. The van der Waals surface area contributed by atoms with Crippen LogP contribution in [0.25, 0.3) is 0 Å². The molecule has 0 saturated heterocycles. The Balaban J connectivity index is 1.72.